The minimum absolute atomic E-state index is 0.355. The van der Waals surface area contributed by atoms with Gasteiger partial charge < -0.3 is 14.8 Å². The molecule has 4 heteroatoms. The van der Waals surface area contributed by atoms with E-state index in [-0.39, 0.29) is 0 Å². The number of rotatable bonds is 3. The summed E-state index contributed by atoms with van der Waals surface area (Å²) in [6, 6.07) is 6.89. The van der Waals surface area contributed by atoms with E-state index < -0.39 is 0 Å². The molecule has 0 aromatic heterocycles. The molecule has 3 rings (SSSR count). The van der Waals surface area contributed by atoms with Gasteiger partial charge in [0.25, 0.3) is 0 Å². The second-order valence-electron chi connectivity index (χ2n) is 5.03. The zero-order chi connectivity index (χ0) is 12.4. The molecule has 98 valence electrons. The summed E-state index contributed by atoms with van der Waals surface area (Å²) in [6.07, 6.45) is 1.07. The third-order valence-electron chi connectivity index (χ3n) is 3.76. The minimum atomic E-state index is 0.355. The zero-order valence-electron chi connectivity index (χ0n) is 10.8. The van der Waals surface area contributed by atoms with E-state index >= 15 is 0 Å². The molecule has 4 nitrogen and oxygen atoms in total. The average molecular weight is 248 g/mol. The van der Waals surface area contributed by atoms with Gasteiger partial charge >= 0.3 is 0 Å². The molecule has 0 amide bonds. The molecule has 1 N–H and O–H groups in total. The maximum atomic E-state index is 5.41. The van der Waals surface area contributed by atoms with E-state index in [0.717, 1.165) is 44.1 Å². The summed E-state index contributed by atoms with van der Waals surface area (Å²) in [5.41, 5.74) is 1.32. The van der Waals surface area contributed by atoms with E-state index in [2.05, 4.69) is 29.3 Å². The van der Waals surface area contributed by atoms with Crippen molar-refractivity contribution >= 4 is 0 Å². The molecule has 0 saturated carbocycles. The molecule has 0 spiro atoms. The van der Waals surface area contributed by atoms with Gasteiger partial charge in [0.15, 0.2) is 11.5 Å². The van der Waals surface area contributed by atoms with E-state index in [9.17, 15) is 0 Å². The second-order valence-corrected chi connectivity index (χ2v) is 5.03. The van der Waals surface area contributed by atoms with Gasteiger partial charge in [0, 0.05) is 32.2 Å². The Balaban J connectivity index is 1.59. The van der Waals surface area contributed by atoms with Crippen molar-refractivity contribution in [1.82, 2.24) is 10.2 Å². The largest absolute Gasteiger partial charge is 0.454 e. The van der Waals surface area contributed by atoms with Crippen LogP contribution in [0.4, 0.5) is 0 Å². The summed E-state index contributed by atoms with van der Waals surface area (Å²) in [7, 11) is 0. The van der Waals surface area contributed by atoms with E-state index in [0.29, 0.717) is 12.8 Å². The highest BCUT2D eigenvalue weighted by molar-refractivity contribution is 5.44. The lowest BCUT2D eigenvalue weighted by Crippen LogP contribution is -2.50. The minimum Gasteiger partial charge on any atom is -0.454 e. The first-order chi connectivity index (χ1) is 8.83. The SMILES string of the molecule is CC1CNCCN1CCc1ccc2c(c1)OCO2. The quantitative estimate of drug-likeness (QED) is 0.873. The van der Waals surface area contributed by atoms with Crippen molar-refractivity contribution in [2.24, 2.45) is 0 Å². The smallest absolute Gasteiger partial charge is 0.231 e. The second kappa shape index (κ2) is 5.16. The first-order valence-corrected chi connectivity index (χ1v) is 6.66. The number of fused-ring (bicyclic) bond motifs is 1. The fourth-order valence-corrected chi connectivity index (χ4v) is 2.58. The van der Waals surface area contributed by atoms with Crippen molar-refractivity contribution in [1.29, 1.82) is 0 Å². The normalized spacial score (nSPS) is 23.3. The number of hydrogen-bond donors (Lipinski definition) is 1. The summed E-state index contributed by atoms with van der Waals surface area (Å²) in [5, 5.41) is 3.42. The highest BCUT2D eigenvalue weighted by atomic mass is 16.7. The van der Waals surface area contributed by atoms with Crippen molar-refractivity contribution < 1.29 is 9.47 Å². The Kier molecular flexibility index (Phi) is 3.39. The van der Waals surface area contributed by atoms with Gasteiger partial charge in [-0.3, -0.25) is 4.90 Å². The van der Waals surface area contributed by atoms with Gasteiger partial charge in [-0.05, 0) is 31.0 Å². The van der Waals surface area contributed by atoms with Crippen LogP contribution < -0.4 is 14.8 Å². The molecule has 0 aliphatic carbocycles. The van der Waals surface area contributed by atoms with Crippen LogP contribution >= 0.6 is 0 Å². The molecular weight excluding hydrogens is 228 g/mol. The van der Waals surface area contributed by atoms with Gasteiger partial charge in [-0.25, -0.2) is 0 Å². The monoisotopic (exact) mass is 248 g/mol. The average Bonchev–Trinajstić information content (AvgIpc) is 2.85. The molecule has 1 unspecified atom stereocenters. The Morgan fingerprint density at radius 1 is 1.33 bits per heavy atom. The molecule has 0 radical (unpaired) electrons. The number of nitrogens with one attached hydrogen (secondary N) is 1. The molecule has 1 aromatic carbocycles. The van der Waals surface area contributed by atoms with Crippen LogP contribution in [-0.4, -0.2) is 43.9 Å². The van der Waals surface area contributed by atoms with Crippen LogP contribution in [0.25, 0.3) is 0 Å². The van der Waals surface area contributed by atoms with Crippen LogP contribution in [0.15, 0.2) is 18.2 Å². The Morgan fingerprint density at radius 3 is 3.11 bits per heavy atom. The number of piperazine rings is 1. The Bertz CT molecular complexity index is 422. The van der Waals surface area contributed by atoms with Gasteiger partial charge in [0.05, 0.1) is 0 Å². The van der Waals surface area contributed by atoms with Crippen LogP contribution in [0.5, 0.6) is 11.5 Å². The Morgan fingerprint density at radius 2 is 2.22 bits per heavy atom. The standard InChI is InChI=1S/C14H20N2O2/c1-11-9-15-5-7-16(11)6-4-12-2-3-13-14(8-12)18-10-17-13/h2-3,8,11,15H,4-7,9-10H2,1H3. The van der Waals surface area contributed by atoms with E-state index in [4.69, 9.17) is 9.47 Å². The molecule has 1 fully saturated rings. The van der Waals surface area contributed by atoms with E-state index in [1.807, 2.05) is 6.07 Å². The predicted molar refractivity (Wildman–Crippen MR) is 70.2 cm³/mol. The molecule has 2 aliphatic rings. The molecule has 2 heterocycles. The molecule has 1 saturated heterocycles. The molecular formula is C14H20N2O2. The van der Waals surface area contributed by atoms with Crippen molar-refractivity contribution in [3.05, 3.63) is 23.8 Å². The summed E-state index contributed by atoms with van der Waals surface area (Å²) < 4.78 is 10.7. The Hall–Kier alpha value is -1.26. The highest BCUT2D eigenvalue weighted by Gasteiger charge is 2.18. The highest BCUT2D eigenvalue weighted by Crippen LogP contribution is 2.32. The van der Waals surface area contributed by atoms with Gasteiger partial charge in [-0.15, -0.1) is 0 Å². The number of nitrogens with zero attached hydrogens (tertiary/aromatic N) is 1. The summed E-state index contributed by atoms with van der Waals surface area (Å²) >= 11 is 0. The van der Waals surface area contributed by atoms with Crippen LogP contribution in [-0.2, 0) is 6.42 Å². The van der Waals surface area contributed by atoms with Gasteiger partial charge in [0.2, 0.25) is 6.79 Å². The van der Waals surface area contributed by atoms with Gasteiger partial charge in [0.1, 0.15) is 0 Å². The summed E-state index contributed by atoms with van der Waals surface area (Å²) in [4.78, 5) is 2.54. The third kappa shape index (κ3) is 2.44. The first-order valence-electron chi connectivity index (χ1n) is 6.66. The van der Waals surface area contributed by atoms with Crippen molar-refractivity contribution in [3.8, 4) is 11.5 Å². The van der Waals surface area contributed by atoms with Gasteiger partial charge in [-0.1, -0.05) is 6.07 Å². The maximum absolute atomic E-state index is 5.41. The topological polar surface area (TPSA) is 33.7 Å². The van der Waals surface area contributed by atoms with Crippen LogP contribution in [0.2, 0.25) is 0 Å². The van der Waals surface area contributed by atoms with Crippen molar-refractivity contribution in [3.63, 3.8) is 0 Å². The predicted octanol–water partition coefficient (Wildman–Crippen LogP) is 1.25. The lowest BCUT2D eigenvalue weighted by molar-refractivity contribution is 0.173. The number of ether oxygens (including phenoxy) is 2. The van der Waals surface area contributed by atoms with Crippen LogP contribution in [0, 0.1) is 0 Å². The molecule has 0 bridgehead atoms. The van der Waals surface area contributed by atoms with Gasteiger partial charge in [-0.2, -0.15) is 0 Å². The van der Waals surface area contributed by atoms with E-state index in [1.54, 1.807) is 0 Å². The summed E-state index contributed by atoms with van der Waals surface area (Å²) in [5.74, 6) is 1.76. The number of benzene rings is 1. The number of hydrogen-bond acceptors (Lipinski definition) is 4. The molecule has 1 atom stereocenters. The van der Waals surface area contributed by atoms with Crippen LogP contribution in [0.3, 0.4) is 0 Å². The van der Waals surface area contributed by atoms with Crippen molar-refractivity contribution in [2.75, 3.05) is 33.0 Å². The Labute approximate surface area is 108 Å². The van der Waals surface area contributed by atoms with Crippen LogP contribution in [0.1, 0.15) is 12.5 Å². The maximum Gasteiger partial charge on any atom is 0.231 e. The first kappa shape index (κ1) is 11.8. The lowest BCUT2D eigenvalue weighted by Gasteiger charge is -2.33. The molecule has 18 heavy (non-hydrogen) atoms. The third-order valence-corrected chi connectivity index (χ3v) is 3.76. The lowest BCUT2D eigenvalue weighted by atomic mass is 10.1. The zero-order valence-corrected chi connectivity index (χ0v) is 10.8. The van der Waals surface area contributed by atoms with E-state index in [1.165, 1.54) is 5.56 Å². The molecule has 2 aliphatic heterocycles. The fourth-order valence-electron chi connectivity index (χ4n) is 2.58. The molecule has 1 aromatic rings. The van der Waals surface area contributed by atoms with Crippen molar-refractivity contribution in [2.45, 2.75) is 19.4 Å². The fraction of sp³-hybridized carbons (Fsp3) is 0.571. The summed E-state index contributed by atoms with van der Waals surface area (Å²) in [6.45, 7) is 7.10.